The predicted octanol–water partition coefficient (Wildman–Crippen LogP) is 1.64. The number of hydrogen-bond donors (Lipinski definition) is 0. The molecule has 22 heavy (non-hydrogen) atoms. The topological polar surface area (TPSA) is 57.7 Å². The molecule has 0 bridgehead atoms. The van der Waals surface area contributed by atoms with Crippen LogP contribution in [0.25, 0.3) is 0 Å². The van der Waals surface area contributed by atoms with Crippen LogP contribution in [0.15, 0.2) is 24.3 Å². The second-order valence-electron chi connectivity index (χ2n) is 6.33. The van der Waals surface area contributed by atoms with Crippen LogP contribution in [0.1, 0.15) is 25.3 Å². The molecule has 1 unspecified atom stereocenters. The first-order chi connectivity index (χ1) is 10.4. The van der Waals surface area contributed by atoms with E-state index in [-0.39, 0.29) is 17.9 Å². The van der Waals surface area contributed by atoms with Gasteiger partial charge in [0.15, 0.2) is 0 Å². The van der Waals surface area contributed by atoms with E-state index in [2.05, 4.69) is 13.0 Å². The van der Waals surface area contributed by atoms with E-state index in [1.54, 1.807) is 0 Å². The number of nitrogens with zero attached hydrogens (tertiary/aromatic N) is 2. The smallest absolute Gasteiger partial charge is 0.230 e. The second kappa shape index (κ2) is 5.66. The van der Waals surface area contributed by atoms with Gasteiger partial charge >= 0.3 is 0 Å². The summed E-state index contributed by atoms with van der Waals surface area (Å²) in [6, 6.07) is 8.22. The number of benzene rings is 1. The number of sulfonamides is 1. The molecular weight excluding hydrogens is 300 g/mol. The van der Waals surface area contributed by atoms with Crippen molar-refractivity contribution < 1.29 is 13.2 Å². The molecule has 2 aliphatic rings. The molecule has 1 amide bonds. The molecule has 1 saturated heterocycles. The third kappa shape index (κ3) is 2.77. The van der Waals surface area contributed by atoms with Crippen LogP contribution in [0.5, 0.6) is 0 Å². The van der Waals surface area contributed by atoms with E-state index in [9.17, 15) is 13.2 Å². The van der Waals surface area contributed by atoms with Gasteiger partial charge in [-0.1, -0.05) is 18.2 Å². The Morgan fingerprint density at radius 1 is 1.18 bits per heavy atom. The summed E-state index contributed by atoms with van der Waals surface area (Å²) in [6.07, 6.45) is 3.34. The van der Waals surface area contributed by atoms with Crippen LogP contribution in [0.3, 0.4) is 0 Å². The summed E-state index contributed by atoms with van der Waals surface area (Å²) in [7, 11) is -3.15. The summed E-state index contributed by atoms with van der Waals surface area (Å²) in [5.74, 6) is 0.0669. The Labute approximate surface area is 132 Å². The van der Waals surface area contributed by atoms with Crippen molar-refractivity contribution in [2.24, 2.45) is 5.92 Å². The zero-order valence-electron chi connectivity index (χ0n) is 13.0. The summed E-state index contributed by atoms with van der Waals surface area (Å²) < 4.78 is 24.6. The molecule has 1 aromatic carbocycles. The maximum absolute atomic E-state index is 12.9. The number of fused-ring (bicyclic) bond motifs is 1. The standard InChI is InChI=1S/C16H22N2O3S/c1-12-11-14-5-3-4-6-15(14)18(12)16(19)13-7-9-17(10-8-13)22(2,20)21/h3-6,12-13H,7-11H2,1-2H3. The van der Waals surface area contributed by atoms with Crippen LogP contribution in [0.4, 0.5) is 5.69 Å². The van der Waals surface area contributed by atoms with E-state index in [1.807, 2.05) is 23.1 Å². The number of rotatable bonds is 2. The second-order valence-corrected chi connectivity index (χ2v) is 8.31. The van der Waals surface area contributed by atoms with E-state index in [1.165, 1.54) is 16.1 Å². The Balaban J connectivity index is 1.73. The fraction of sp³-hybridized carbons (Fsp3) is 0.562. The van der Waals surface area contributed by atoms with Crippen LogP contribution in [-0.2, 0) is 21.2 Å². The van der Waals surface area contributed by atoms with Crippen LogP contribution in [0, 0.1) is 5.92 Å². The average molecular weight is 322 g/mol. The molecule has 0 saturated carbocycles. The number of carbonyl (C=O) groups is 1. The number of hydrogen-bond acceptors (Lipinski definition) is 3. The Morgan fingerprint density at radius 3 is 2.45 bits per heavy atom. The molecule has 2 heterocycles. The number of anilines is 1. The Kier molecular flexibility index (Phi) is 3.99. The maximum atomic E-state index is 12.9. The van der Waals surface area contributed by atoms with Gasteiger partial charge in [0.2, 0.25) is 15.9 Å². The molecule has 2 aliphatic heterocycles. The van der Waals surface area contributed by atoms with Gasteiger partial charge in [-0.3, -0.25) is 4.79 Å². The minimum Gasteiger partial charge on any atom is -0.309 e. The minimum atomic E-state index is -3.15. The quantitative estimate of drug-likeness (QED) is 0.832. The van der Waals surface area contributed by atoms with Crippen molar-refractivity contribution in [2.45, 2.75) is 32.2 Å². The molecule has 0 aromatic heterocycles. The lowest BCUT2D eigenvalue weighted by Crippen LogP contribution is -2.45. The monoisotopic (exact) mass is 322 g/mol. The van der Waals surface area contributed by atoms with Crippen LogP contribution in [-0.4, -0.2) is 44.0 Å². The molecule has 0 N–H and O–H groups in total. The largest absolute Gasteiger partial charge is 0.309 e. The highest BCUT2D eigenvalue weighted by Crippen LogP contribution is 2.34. The van der Waals surface area contributed by atoms with Gasteiger partial charge in [0, 0.05) is 30.7 Å². The van der Waals surface area contributed by atoms with Crippen molar-refractivity contribution in [3.8, 4) is 0 Å². The zero-order chi connectivity index (χ0) is 15.9. The number of amides is 1. The lowest BCUT2D eigenvalue weighted by Gasteiger charge is -2.33. The Morgan fingerprint density at radius 2 is 1.82 bits per heavy atom. The van der Waals surface area contributed by atoms with Crippen molar-refractivity contribution in [2.75, 3.05) is 24.2 Å². The molecule has 0 spiro atoms. The van der Waals surface area contributed by atoms with Crippen LogP contribution < -0.4 is 4.90 Å². The van der Waals surface area contributed by atoms with Crippen molar-refractivity contribution >= 4 is 21.6 Å². The third-order valence-corrected chi connectivity index (χ3v) is 6.02. The van der Waals surface area contributed by atoms with Crippen molar-refractivity contribution in [1.29, 1.82) is 0 Å². The number of para-hydroxylation sites is 1. The first-order valence-electron chi connectivity index (χ1n) is 7.74. The summed E-state index contributed by atoms with van der Waals surface area (Å²) in [6.45, 7) is 2.96. The van der Waals surface area contributed by atoms with Gasteiger partial charge in [-0.25, -0.2) is 12.7 Å². The Bertz CT molecular complexity index is 678. The molecular formula is C16H22N2O3S. The minimum absolute atomic E-state index is 0.0772. The zero-order valence-corrected chi connectivity index (χ0v) is 13.8. The normalized spacial score (nSPS) is 23.5. The highest BCUT2D eigenvalue weighted by Gasteiger charge is 2.36. The number of piperidine rings is 1. The van der Waals surface area contributed by atoms with E-state index < -0.39 is 10.0 Å². The van der Waals surface area contributed by atoms with E-state index >= 15 is 0 Å². The van der Waals surface area contributed by atoms with Gasteiger partial charge in [0.25, 0.3) is 0 Å². The Hall–Kier alpha value is -1.40. The van der Waals surface area contributed by atoms with Crippen molar-refractivity contribution in [1.82, 2.24) is 4.31 Å². The average Bonchev–Trinajstić information content (AvgIpc) is 2.81. The SMILES string of the molecule is CC1Cc2ccccc2N1C(=O)C1CCN(S(C)(=O)=O)CC1. The molecule has 1 fully saturated rings. The van der Waals surface area contributed by atoms with E-state index in [0.29, 0.717) is 25.9 Å². The van der Waals surface area contributed by atoms with Crippen LogP contribution >= 0.6 is 0 Å². The van der Waals surface area contributed by atoms with Crippen molar-refractivity contribution in [3.63, 3.8) is 0 Å². The van der Waals surface area contributed by atoms with Crippen LogP contribution in [0.2, 0.25) is 0 Å². The van der Waals surface area contributed by atoms with Gasteiger partial charge in [0.1, 0.15) is 0 Å². The predicted molar refractivity (Wildman–Crippen MR) is 86.2 cm³/mol. The highest BCUT2D eigenvalue weighted by atomic mass is 32.2. The van der Waals surface area contributed by atoms with Gasteiger partial charge in [-0.15, -0.1) is 0 Å². The maximum Gasteiger partial charge on any atom is 0.230 e. The summed E-state index contributed by atoms with van der Waals surface area (Å²) in [5, 5.41) is 0. The third-order valence-electron chi connectivity index (χ3n) is 4.72. The molecule has 1 aromatic rings. The molecule has 120 valence electrons. The summed E-state index contributed by atoms with van der Waals surface area (Å²) in [5.41, 5.74) is 2.24. The van der Waals surface area contributed by atoms with Gasteiger partial charge in [-0.2, -0.15) is 0 Å². The summed E-state index contributed by atoms with van der Waals surface area (Å²) in [4.78, 5) is 14.8. The van der Waals surface area contributed by atoms with Crippen molar-refractivity contribution in [3.05, 3.63) is 29.8 Å². The molecule has 0 radical (unpaired) electrons. The lowest BCUT2D eigenvalue weighted by atomic mass is 9.96. The molecule has 6 heteroatoms. The van der Waals surface area contributed by atoms with E-state index in [0.717, 1.165) is 12.1 Å². The van der Waals surface area contributed by atoms with Gasteiger partial charge in [-0.05, 0) is 37.8 Å². The van der Waals surface area contributed by atoms with E-state index in [4.69, 9.17) is 0 Å². The number of carbonyl (C=O) groups excluding carboxylic acids is 1. The molecule has 5 nitrogen and oxygen atoms in total. The van der Waals surface area contributed by atoms with Gasteiger partial charge < -0.3 is 4.90 Å². The molecule has 0 aliphatic carbocycles. The summed E-state index contributed by atoms with van der Waals surface area (Å²) >= 11 is 0. The first-order valence-corrected chi connectivity index (χ1v) is 9.59. The van der Waals surface area contributed by atoms with Gasteiger partial charge in [0.05, 0.1) is 6.26 Å². The first kappa shape index (κ1) is 15.5. The fourth-order valence-corrected chi connectivity index (χ4v) is 4.41. The highest BCUT2D eigenvalue weighted by molar-refractivity contribution is 7.88. The lowest BCUT2D eigenvalue weighted by molar-refractivity contribution is -0.123. The molecule has 3 rings (SSSR count). The molecule has 1 atom stereocenters. The fourth-order valence-electron chi connectivity index (χ4n) is 3.53.